The standard InChI is InChI=1S/C16H23ClN2O2S/c1-4-19(5-2)15(20)10-18(3)16(21)12-22-11-13-6-8-14(17)9-7-13/h6-9H,4-5,10-12H2,1-3H3. The minimum Gasteiger partial charge on any atom is -0.342 e. The molecule has 0 fully saturated rings. The molecule has 0 saturated heterocycles. The van der Waals surface area contributed by atoms with Gasteiger partial charge in [-0.2, -0.15) is 0 Å². The largest absolute Gasteiger partial charge is 0.342 e. The molecule has 0 radical (unpaired) electrons. The van der Waals surface area contributed by atoms with E-state index < -0.39 is 0 Å². The van der Waals surface area contributed by atoms with Crippen LogP contribution >= 0.6 is 23.4 Å². The van der Waals surface area contributed by atoms with E-state index in [-0.39, 0.29) is 18.4 Å². The average Bonchev–Trinajstić information content (AvgIpc) is 2.50. The molecule has 0 bridgehead atoms. The van der Waals surface area contributed by atoms with Crippen LogP contribution in [0.4, 0.5) is 0 Å². The summed E-state index contributed by atoms with van der Waals surface area (Å²) in [6, 6.07) is 7.59. The third-order valence-electron chi connectivity index (χ3n) is 3.32. The summed E-state index contributed by atoms with van der Waals surface area (Å²) < 4.78 is 0. The van der Waals surface area contributed by atoms with Crippen molar-refractivity contribution >= 4 is 35.2 Å². The van der Waals surface area contributed by atoms with E-state index in [0.29, 0.717) is 23.9 Å². The number of benzene rings is 1. The van der Waals surface area contributed by atoms with E-state index in [1.807, 2.05) is 38.1 Å². The fraction of sp³-hybridized carbons (Fsp3) is 0.500. The predicted molar refractivity (Wildman–Crippen MR) is 93.2 cm³/mol. The Morgan fingerprint density at radius 3 is 2.23 bits per heavy atom. The Morgan fingerprint density at radius 2 is 1.68 bits per heavy atom. The van der Waals surface area contributed by atoms with Crippen molar-refractivity contribution in [1.29, 1.82) is 0 Å². The van der Waals surface area contributed by atoms with Crippen LogP contribution in [0.5, 0.6) is 0 Å². The van der Waals surface area contributed by atoms with Gasteiger partial charge in [-0.25, -0.2) is 0 Å². The van der Waals surface area contributed by atoms with Crippen LogP contribution in [0.3, 0.4) is 0 Å². The summed E-state index contributed by atoms with van der Waals surface area (Å²) in [4.78, 5) is 27.2. The van der Waals surface area contributed by atoms with Crippen LogP contribution in [0.1, 0.15) is 19.4 Å². The molecule has 0 aliphatic carbocycles. The van der Waals surface area contributed by atoms with E-state index in [9.17, 15) is 9.59 Å². The van der Waals surface area contributed by atoms with Gasteiger partial charge in [-0.05, 0) is 31.5 Å². The van der Waals surface area contributed by atoms with Gasteiger partial charge in [0.1, 0.15) is 0 Å². The highest BCUT2D eigenvalue weighted by atomic mass is 35.5. The number of likely N-dealkylation sites (N-methyl/N-ethyl adjacent to an activating group) is 2. The second-order valence-corrected chi connectivity index (χ2v) is 6.36. The number of hydrogen-bond acceptors (Lipinski definition) is 3. The van der Waals surface area contributed by atoms with Gasteiger partial charge in [0, 0.05) is 30.9 Å². The first-order valence-electron chi connectivity index (χ1n) is 7.31. The van der Waals surface area contributed by atoms with E-state index in [2.05, 4.69) is 0 Å². The molecule has 122 valence electrons. The van der Waals surface area contributed by atoms with Gasteiger partial charge in [0.05, 0.1) is 12.3 Å². The Bertz CT molecular complexity index is 489. The molecule has 0 aromatic heterocycles. The van der Waals surface area contributed by atoms with Crippen LogP contribution in [0.15, 0.2) is 24.3 Å². The minimum atomic E-state index is -0.0283. The van der Waals surface area contributed by atoms with Crippen LogP contribution in [0.25, 0.3) is 0 Å². The van der Waals surface area contributed by atoms with Crippen molar-refractivity contribution in [2.24, 2.45) is 0 Å². The van der Waals surface area contributed by atoms with Gasteiger partial charge in [0.2, 0.25) is 11.8 Å². The Morgan fingerprint density at radius 1 is 1.09 bits per heavy atom. The molecule has 1 rings (SSSR count). The number of nitrogens with zero attached hydrogens (tertiary/aromatic N) is 2. The summed E-state index contributed by atoms with van der Waals surface area (Å²) in [7, 11) is 1.67. The Hall–Kier alpha value is -1.20. The number of halogens is 1. The lowest BCUT2D eigenvalue weighted by atomic mass is 10.2. The monoisotopic (exact) mass is 342 g/mol. The van der Waals surface area contributed by atoms with Gasteiger partial charge >= 0.3 is 0 Å². The van der Waals surface area contributed by atoms with Crippen molar-refractivity contribution in [1.82, 2.24) is 9.80 Å². The van der Waals surface area contributed by atoms with E-state index in [0.717, 1.165) is 11.3 Å². The maximum Gasteiger partial charge on any atom is 0.242 e. The summed E-state index contributed by atoms with van der Waals surface area (Å²) in [6.07, 6.45) is 0. The van der Waals surface area contributed by atoms with E-state index in [1.54, 1.807) is 11.9 Å². The third-order valence-corrected chi connectivity index (χ3v) is 4.56. The second kappa shape index (κ2) is 9.74. The number of rotatable bonds is 8. The maximum atomic E-state index is 12.0. The van der Waals surface area contributed by atoms with Crippen LogP contribution < -0.4 is 0 Å². The Labute approximate surface area is 141 Å². The lowest BCUT2D eigenvalue weighted by molar-refractivity contribution is -0.137. The van der Waals surface area contributed by atoms with Crippen LogP contribution in [0.2, 0.25) is 5.02 Å². The minimum absolute atomic E-state index is 0.0106. The lowest BCUT2D eigenvalue weighted by Gasteiger charge is -2.23. The number of amides is 2. The maximum absolute atomic E-state index is 12.0. The Kier molecular flexibility index (Phi) is 8.35. The number of thioether (sulfide) groups is 1. The topological polar surface area (TPSA) is 40.6 Å². The SMILES string of the molecule is CCN(CC)C(=O)CN(C)C(=O)CSCc1ccc(Cl)cc1. The van der Waals surface area contributed by atoms with Crippen LogP contribution in [-0.2, 0) is 15.3 Å². The van der Waals surface area contributed by atoms with Gasteiger partial charge in [0.15, 0.2) is 0 Å². The first kappa shape index (κ1) is 18.8. The van der Waals surface area contributed by atoms with Gasteiger partial charge in [0.25, 0.3) is 0 Å². The highest BCUT2D eigenvalue weighted by Crippen LogP contribution is 2.15. The molecule has 0 aliphatic rings. The molecule has 0 spiro atoms. The van der Waals surface area contributed by atoms with Gasteiger partial charge < -0.3 is 9.80 Å². The molecule has 0 unspecified atom stereocenters. The number of hydrogen-bond donors (Lipinski definition) is 0. The fourth-order valence-electron chi connectivity index (χ4n) is 1.91. The summed E-state index contributed by atoms with van der Waals surface area (Å²) in [6.45, 7) is 5.35. The third kappa shape index (κ3) is 6.28. The smallest absolute Gasteiger partial charge is 0.242 e. The van der Waals surface area contributed by atoms with Gasteiger partial charge in [-0.15, -0.1) is 11.8 Å². The first-order valence-corrected chi connectivity index (χ1v) is 8.85. The first-order chi connectivity index (χ1) is 10.5. The van der Waals surface area contributed by atoms with E-state index in [4.69, 9.17) is 11.6 Å². The fourth-order valence-corrected chi connectivity index (χ4v) is 2.97. The average molecular weight is 343 g/mol. The lowest BCUT2D eigenvalue weighted by Crippen LogP contribution is -2.41. The second-order valence-electron chi connectivity index (χ2n) is 4.94. The number of carbonyl (C=O) groups excluding carboxylic acids is 2. The zero-order valence-corrected chi connectivity index (χ0v) is 14.9. The highest BCUT2D eigenvalue weighted by molar-refractivity contribution is 7.99. The van der Waals surface area contributed by atoms with Crippen molar-refractivity contribution in [3.8, 4) is 0 Å². The molecule has 0 N–H and O–H groups in total. The van der Waals surface area contributed by atoms with Gasteiger partial charge in [-0.3, -0.25) is 9.59 Å². The van der Waals surface area contributed by atoms with E-state index >= 15 is 0 Å². The molecule has 4 nitrogen and oxygen atoms in total. The normalized spacial score (nSPS) is 10.4. The molecule has 0 atom stereocenters. The van der Waals surface area contributed by atoms with Crippen molar-refractivity contribution in [2.45, 2.75) is 19.6 Å². The molecule has 6 heteroatoms. The molecule has 22 heavy (non-hydrogen) atoms. The predicted octanol–water partition coefficient (Wildman–Crippen LogP) is 2.90. The molecular weight excluding hydrogens is 320 g/mol. The van der Waals surface area contributed by atoms with E-state index in [1.165, 1.54) is 16.7 Å². The molecule has 0 heterocycles. The number of carbonyl (C=O) groups is 2. The molecule has 1 aromatic rings. The molecule has 0 aliphatic heterocycles. The molecular formula is C16H23ClN2O2S. The summed E-state index contributed by atoms with van der Waals surface area (Å²) in [5.41, 5.74) is 1.13. The van der Waals surface area contributed by atoms with Crippen LogP contribution in [0, 0.1) is 0 Å². The van der Waals surface area contributed by atoms with Gasteiger partial charge in [-0.1, -0.05) is 23.7 Å². The molecule has 2 amide bonds. The highest BCUT2D eigenvalue weighted by Gasteiger charge is 2.16. The zero-order valence-electron chi connectivity index (χ0n) is 13.3. The van der Waals surface area contributed by atoms with Crippen molar-refractivity contribution in [2.75, 3.05) is 32.4 Å². The Balaban J connectivity index is 2.35. The quantitative estimate of drug-likeness (QED) is 0.729. The molecule has 0 saturated carbocycles. The molecule has 1 aromatic carbocycles. The van der Waals surface area contributed by atoms with Crippen molar-refractivity contribution < 1.29 is 9.59 Å². The zero-order chi connectivity index (χ0) is 16.5. The summed E-state index contributed by atoms with van der Waals surface area (Å²) in [5.74, 6) is 1.08. The van der Waals surface area contributed by atoms with Crippen LogP contribution in [-0.4, -0.2) is 54.0 Å². The van der Waals surface area contributed by atoms with Crippen molar-refractivity contribution in [3.63, 3.8) is 0 Å². The van der Waals surface area contributed by atoms with Crippen molar-refractivity contribution in [3.05, 3.63) is 34.9 Å². The summed E-state index contributed by atoms with van der Waals surface area (Å²) >= 11 is 7.37. The summed E-state index contributed by atoms with van der Waals surface area (Å²) in [5, 5.41) is 0.708.